The fourth-order valence-electron chi connectivity index (χ4n) is 2.81. The Labute approximate surface area is 163 Å². The van der Waals surface area contributed by atoms with Crippen molar-refractivity contribution in [3.8, 4) is 22.8 Å². The minimum Gasteiger partial charge on any atom is -0.497 e. The van der Waals surface area contributed by atoms with Crippen molar-refractivity contribution < 1.29 is 23.1 Å². The fourth-order valence-corrected chi connectivity index (χ4v) is 2.81. The number of ether oxygens (including phenoxy) is 2. The van der Waals surface area contributed by atoms with E-state index in [0.29, 0.717) is 41.5 Å². The first-order valence-corrected chi connectivity index (χ1v) is 8.91. The monoisotopic (exact) mass is 383 g/mol. The van der Waals surface area contributed by atoms with Gasteiger partial charge in [0.25, 0.3) is 0 Å². The molecule has 0 atom stereocenters. The second-order valence-electron chi connectivity index (χ2n) is 6.24. The second-order valence-corrected chi connectivity index (χ2v) is 6.24. The third-order valence-electron chi connectivity index (χ3n) is 4.30. The molecule has 0 saturated carbocycles. The van der Waals surface area contributed by atoms with Gasteiger partial charge in [0.05, 0.1) is 19.8 Å². The summed E-state index contributed by atoms with van der Waals surface area (Å²) in [5.41, 5.74) is 1.29. The van der Waals surface area contributed by atoms with Crippen molar-refractivity contribution in [2.24, 2.45) is 0 Å². The summed E-state index contributed by atoms with van der Waals surface area (Å²) in [6.07, 6.45) is 0.701. The predicted octanol–water partition coefficient (Wildman–Crippen LogP) is 4.35. The summed E-state index contributed by atoms with van der Waals surface area (Å²) >= 11 is 0. The zero-order valence-electron chi connectivity index (χ0n) is 15.8. The Morgan fingerprint density at radius 1 is 1.04 bits per heavy atom. The van der Waals surface area contributed by atoms with Crippen molar-refractivity contribution in [1.82, 2.24) is 5.32 Å². The highest BCUT2D eigenvalue weighted by Gasteiger charge is 2.11. The molecule has 0 aliphatic heterocycles. The number of halogens is 1. The summed E-state index contributed by atoms with van der Waals surface area (Å²) < 4.78 is 29.9. The summed E-state index contributed by atoms with van der Waals surface area (Å²) in [6.45, 7) is 0.366. The molecule has 0 fully saturated rings. The molecule has 1 amide bonds. The predicted molar refractivity (Wildman–Crippen MR) is 104 cm³/mol. The van der Waals surface area contributed by atoms with Crippen molar-refractivity contribution >= 4 is 5.91 Å². The first kappa shape index (κ1) is 19.5. The Morgan fingerprint density at radius 2 is 1.75 bits per heavy atom. The fraction of sp³-hybridized carbons (Fsp3) is 0.227. The van der Waals surface area contributed by atoms with Gasteiger partial charge >= 0.3 is 0 Å². The molecule has 0 bridgehead atoms. The molecule has 28 heavy (non-hydrogen) atoms. The van der Waals surface area contributed by atoms with Crippen LogP contribution in [0.1, 0.15) is 17.7 Å². The number of rotatable bonds is 8. The normalized spacial score (nSPS) is 10.5. The zero-order valence-corrected chi connectivity index (χ0v) is 15.8. The van der Waals surface area contributed by atoms with Gasteiger partial charge in [0, 0.05) is 25.5 Å². The van der Waals surface area contributed by atoms with Crippen molar-refractivity contribution in [1.29, 1.82) is 0 Å². The Balaban J connectivity index is 1.53. The summed E-state index contributed by atoms with van der Waals surface area (Å²) in [7, 11) is 3.16. The van der Waals surface area contributed by atoms with Gasteiger partial charge in [-0.1, -0.05) is 12.1 Å². The molecular weight excluding hydrogens is 361 g/mol. The van der Waals surface area contributed by atoms with Crippen molar-refractivity contribution in [2.75, 3.05) is 14.2 Å². The van der Waals surface area contributed by atoms with E-state index in [4.69, 9.17) is 13.9 Å². The van der Waals surface area contributed by atoms with Crippen LogP contribution in [-0.4, -0.2) is 20.1 Å². The molecule has 0 spiro atoms. The Hall–Kier alpha value is -3.28. The molecule has 3 rings (SSSR count). The number of nitrogens with one attached hydrogen (secondary N) is 1. The van der Waals surface area contributed by atoms with E-state index < -0.39 is 0 Å². The molecule has 0 saturated heterocycles. The molecule has 3 aromatic rings. The number of hydrogen-bond acceptors (Lipinski definition) is 4. The molecular formula is C22H22FNO4. The van der Waals surface area contributed by atoms with Crippen LogP contribution in [0.2, 0.25) is 0 Å². The Morgan fingerprint density at radius 3 is 2.43 bits per heavy atom. The van der Waals surface area contributed by atoms with Crippen LogP contribution in [-0.2, 0) is 17.8 Å². The lowest BCUT2D eigenvalue weighted by atomic mass is 10.1. The average Bonchev–Trinajstić information content (AvgIpc) is 3.19. The summed E-state index contributed by atoms with van der Waals surface area (Å²) in [4.78, 5) is 12.2. The third kappa shape index (κ3) is 4.91. The first-order chi connectivity index (χ1) is 13.6. The van der Waals surface area contributed by atoms with Crippen molar-refractivity contribution in [3.63, 3.8) is 0 Å². The maximum Gasteiger partial charge on any atom is 0.220 e. The second kappa shape index (κ2) is 9.08. The minimum atomic E-state index is -0.338. The molecule has 6 heteroatoms. The van der Waals surface area contributed by atoms with Gasteiger partial charge in [0.15, 0.2) is 0 Å². The van der Waals surface area contributed by atoms with E-state index in [1.807, 2.05) is 12.1 Å². The maximum atomic E-state index is 13.8. The van der Waals surface area contributed by atoms with Gasteiger partial charge in [-0.3, -0.25) is 4.79 Å². The molecule has 1 heterocycles. The van der Waals surface area contributed by atoms with Crippen LogP contribution >= 0.6 is 0 Å². The molecule has 1 aromatic heterocycles. The van der Waals surface area contributed by atoms with Gasteiger partial charge in [-0.25, -0.2) is 4.39 Å². The molecule has 0 aliphatic carbocycles. The lowest BCUT2D eigenvalue weighted by Gasteiger charge is -2.09. The summed E-state index contributed by atoms with van der Waals surface area (Å²) in [5.74, 6) is 1.98. The van der Waals surface area contributed by atoms with Gasteiger partial charge in [0.1, 0.15) is 28.8 Å². The summed E-state index contributed by atoms with van der Waals surface area (Å²) in [5, 5.41) is 2.87. The van der Waals surface area contributed by atoms with Crippen LogP contribution in [0, 0.1) is 5.82 Å². The van der Waals surface area contributed by atoms with Crippen LogP contribution in [0.3, 0.4) is 0 Å². The number of benzene rings is 2. The SMILES string of the molecule is COc1cc(CNC(=O)CCc2ccc(-c3ccccc3F)o2)cc(OC)c1. The number of carbonyl (C=O) groups is 1. The number of hydrogen-bond donors (Lipinski definition) is 1. The quantitative estimate of drug-likeness (QED) is 0.628. The minimum absolute atomic E-state index is 0.106. The standard InChI is InChI=1S/C22H22FNO4/c1-26-17-11-15(12-18(13-17)27-2)14-24-22(25)10-8-16-7-9-21(28-16)19-5-3-4-6-20(19)23/h3-7,9,11-13H,8,10,14H2,1-2H3,(H,24,25). The van der Waals surface area contributed by atoms with E-state index in [0.717, 1.165) is 5.56 Å². The number of furan rings is 1. The van der Waals surface area contributed by atoms with Crippen LogP contribution in [0.25, 0.3) is 11.3 Å². The average molecular weight is 383 g/mol. The number of carbonyl (C=O) groups excluding carboxylic acids is 1. The molecule has 0 unspecified atom stereocenters. The van der Waals surface area contributed by atoms with Crippen LogP contribution in [0.5, 0.6) is 11.5 Å². The first-order valence-electron chi connectivity index (χ1n) is 8.91. The van der Waals surface area contributed by atoms with E-state index in [2.05, 4.69) is 5.32 Å². The molecule has 1 N–H and O–H groups in total. The van der Waals surface area contributed by atoms with E-state index in [-0.39, 0.29) is 18.1 Å². The van der Waals surface area contributed by atoms with Gasteiger partial charge in [-0.05, 0) is 42.0 Å². The van der Waals surface area contributed by atoms with Crippen LogP contribution in [0.15, 0.2) is 59.0 Å². The highest BCUT2D eigenvalue weighted by atomic mass is 19.1. The maximum absolute atomic E-state index is 13.8. The van der Waals surface area contributed by atoms with Crippen LogP contribution in [0.4, 0.5) is 4.39 Å². The molecule has 5 nitrogen and oxygen atoms in total. The third-order valence-corrected chi connectivity index (χ3v) is 4.30. The van der Waals surface area contributed by atoms with Gasteiger partial charge in [-0.15, -0.1) is 0 Å². The lowest BCUT2D eigenvalue weighted by Crippen LogP contribution is -2.23. The Kier molecular flexibility index (Phi) is 6.32. The van der Waals surface area contributed by atoms with Gasteiger partial charge < -0.3 is 19.2 Å². The molecule has 146 valence electrons. The van der Waals surface area contributed by atoms with E-state index in [1.165, 1.54) is 6.07 Å². The lowest BCUT2D eigenvalue weighted by molar-refractivity contribution is -0.121. The van der Waals surface area contributed by atoms with Crippen LogP contribution < -0.4 is 14.8 Å². The topological polar surface area (TPSA) is 60.7 Å². The number of aryl methyl sites for hydroxylation is 1. The zero-order chi connectivity index (χ0) is 19.9. The summed E-state index contributed by atoms with van der Waals surface area (Å²) in [6, 6.07) is 15.4. The number of methoxy groups -OCH3 is 2. The van der Waals surface area contributed by atoms with E-state index in [9.17, 15) is 9.18 Å². The molecule has 0 aliphatic rings. The van der Waals surface area contributed by atoms with Crippen molar-refractivity contribution in [2.45, 2.75) is 19.4 Å². The highest BCUT2D eigenvalue weighted by Crippen LogP contribution is 2.25. The van der Waals surface area contributed by atoms with Gasteiger partial charge in [-0.2, -0.15) is 0 Å². The smallest absolute Gasteiger partial charge is 0.220 e. The molecule has 0 radical (unpaired) electrons. The van der Waals surface area contributed by atoms with E-state index in [1.54, 1.807) is 50.6 Å². The highest BCUT2D eigenvalue weighted by molar-refractivity contribution is 5.76. The van der Waals surface area contributed by atoms with Crippen molar-refractivity contribution in [3.05, 3.63) is 71.7 Å². The Bertz CT molecular complexity index is 929. The largest absolute Gasteiger partial charge is 0.497 e. The van der Waals surface area contributed by atoms with Gasteiger partial charge in [0.2, 0.25) is 5.91 Å². The van der Waals surface area contributed by atoms with E-state index >= 15 is 0 Å². The molecule has 2 aromatic carbocycles. The number of amides is 1.